The number of imidazole rings is 1. The summed E-state index contributed by atoms with van der Waals surface area (Å²) < 4.78 is 20.2. The number of ether oxygens (including phenoxy) is 1. The molecule has 0 unspecified atom stereocenters. The molecule has 37 heavy (non-hydrogen) atoms. The predicted molar refractivity (Wildman–Crippen MR) is 141 cm³/mol. The van der Waals surface area contributed by atoms with Gasteiger partial charge in [-0.25, -0.2) is 14.2 Å². The quantitative estimate of drug-likeness (QED) is 0.558. The third-order valence-corrected chi connectivity index (χ3v) is 7.05. The molecule has 0 atom stereocenters. The number of nitrogens with zero attached hydrogens (tertiary/aromatic N) is 4. The molecule has 2 aromatic carbocycles. The molecular formula is C28H34FN5O3. The van der Waals surface area contributed by atoms with Crippen molar-refractivity contribution in [2.75, 3.05) is 44.2 Å². The molecule has 3 heterocycles. The second-order valence-electron chi connectivity index (χ2n) is 10.8. The minimum absolute atomic E-state index is 0.0734. The minimum atomic E-state index is -0.527. The standard InChI is InChI=1S/C28H34FN5O3/c1-28(2,3)37-27(36)34-12-10-19(11-13-34)26(35)33-16-14-32(15-17-33)20-8-9-22(29)21(18-20)25-30-23-6-4-5-7-24(23)31-25/h4-9,18-19H,10-17H2,1-3H3,(H,30,31). The maximum atomic E-state index is 14.7. The minimum Gasteiger partial charge on any atom is -0.444 e. The average Bonchev–Trinajstić information content (AvgIpc) is 3.32. The van der Waals surface area contributed by atoms with E-state index in [-0.39, 0.29) is 23.7 Å². The Hall–Kier alpha value is -3.62. The number of fused-ring (bicyclic) bond motifs is 1. The summed E-state index contributed by atoms with van der Waals surface area (Å²) in [5, 5.41) is 0. The van der Waals surface area contributed by atoms with E-state index in [1.54, 1.807) is 11.0 Å². The van der Waals surface area contributed by atoms with Gasteiger partial charge < -0.3 is 24.4 Å². The number of aromatic nitrogens is 2. The molecule has 0 radical (unpaired) electrons. The zero-order valence-electron chi connectivity index (χ0n) is 21.7. The molecule has 2 aliphatic rings. The van der Waals surface area contributed by atoms with Gasteiger partial charge in [-0.3, -0.25) is 4.79 Å². The number of para-hydroxylation sites is 2. The molecule has 2 fully saturated rings. The van der Waals surface area contributed by atoms with E-state index in [9.17, 15) is 14.0 Å². The van der Waals surface area contributed by atoms with E-state index in [1.807, 2.05) is 56.0 Å². The van der Waals surface area contributed by atoms with Gasteiger partial charge in [0.2, 0.25) is 5.91 Å². The van der Waals surface area contributed by atoms with Crippen molar-refractivity contribution in [3.8, 4) is 11.4 Å². The molecule has 9 heteroatoms. The summed E-state index contributed by atoms with van der Waals surface area (Å²) in [6.45, 7) is 9.20. The van der Waals surface area contributed by atoms with Gasteiger partial charge in [0.15, 0.2) is 0 Å². The maximum absolute atomic E-state index is 14.7. The summed E-state index contributed by atoms with van der Waals surface area (Å²) in [5.41, 5.74) is 2.48. The summed E-state index contributed by atoms with van der Waals surface area (Å²) >= 11 is 0. The Kier molecular flexibility index (Phi) is 6.79. The van der Waals surface area contributed by atoms with E-state index >= 15 is 0 Å². The smallest absolute Gasteiger partial charge is 0.410 e. The first-order valence-corrected chi connectivity index (χ1v) is 12.9. The molecule has 2 amide bonds. The second-order valence-corrected chi connectivity index (χ2v) is 10.8. The number of amides is 2. The lowest BCUT2D eigenvalue weighted by atomic mass is 9.95. The van der Waals surface area contributed by atoms with Gasteiger partial charge >= 0.3 is 6.09 Å². The number of piperidine rings is 1. The van der Waals surface area contributed by atoms with Gasteiger partial charge in [-0.2, -0.15) is 0 Å². The Labute approximate surface area is 216 Å². The molecule has 1 aromatic heterocycles. The van der Waals surface area contributed by atoms with Crippen molar-refractivity contribution in [3.05, 3.63) is 48.3 Å². The first-order chi connectivity index (χ1) is 17.7. The van der Waals surface area contributed by atoms with Crippen LogP contribution in [0.2, 0.25) is 0 Å². The number of likely N-dealkylation sites (tertiary alicyclic amines) is 1. The summed E-state index contributed by atoms with van der Waals surface area (Å²) in [6, 6.07) is 12.7. The Balaban J connectivity index is 1.18. The highest BCUT2D eigenvalue weighted by atomic mass is 19.1. The molecule has 2 aliphatic heterocycles. The molecule has 0 aliphatic carbocycles. The molecular weight excluding hydrogens is 473 g/mol. The van der Waals surface area contributed by atoms with Gasteiger partial charge in [-0.05, 0) is 63.9 Å². The number of anilines is 1. The molecule has 0 saturated carbocycles. The number of carbonyl (C=O) groups is 2. The third kappa shape index (κ3) is 5.55. The summed E-state index contributed by atoms with van der Waals surface area (Å²) in [7, 11) is 0. The molecule has 3 aromatic rings. The van der Waals surface area contributed by atoms with Crippen molar-refractivity contribution in [2.24, 2.45) is 5.92 Å². The van der Waals surface area contributed by atoms with Crippen LogP contribution in [0.25, 0.3) is 22.4 Å². The van der Waals surface area contributed by atoms with Gasteiger partial charge in [0.1, 0.15) is 17.2 Å². The van der Waals surface area contributed by atoms with Crippen LogP contribution in [0.1, 0.15) is 33.6 Å². The fourth-order valence-corrected chi connectivity index (χ4v) is 5.05. The van der Waals surface area contributed by atoms with Crippen molar-refractivity contribution in [1.82, 2.24) is 19.8 Å². The molecule has 0 bridgehead atoms. The fourth-order valence-electron chi connectivity index (χ4n) is 5.05. The number of piperazine rings is 1. The van der Waals surface area contributed by atoms with Crippen molar-refractivity contribution < 1.29 is 18.7 Å². The number of hydrogen-bond acceptors (Lipinski definition) is 5. The molecule has 5 rings (SSSR count). The fraction of sp³-hybridized carbons (Fsp3) is 0.464. The topological polar surface area (TPSA) is 81.8 Å². The van der Waals surface area contributed by atoms with Gasteiger partial charge in [0, 0.05) is 50.9 Å². The second kappa shape index (κ2) is 10.0. The van der Waals surface area contributed by atoms with Crippen LogP contribution in [0.5, 0.6) is 0 Å². The van der Waals surface area contributed by atoms with E-state index in [1.165, 1.54) is 6.07 Å². The van der Waals surface area contributed by atoms with Crippen LogP contribution in [0.4, 0.5) is 14.9 Å². The highest BCUT2D eigenvalue weighted by molar-refractivity contribution is 5.81. The zero-order valence-corrected chi connectivity index (χ0v) is 21.7. The lowest BCUT2D eigenvalue weighted by Crippen LogP contribution is -2.52. The van der Waals surface area contributed by atoms with E-state index in [0.29, 0.717) is 63.5 Å². The Morgan fingerprint density at radius 2 is 1.68 bits per heavy atom. The molecule has 8 nitrogen and oxygen atoms in total. The van der Waals surface area contributed by atoms with Crippen molar-refractivity contribution in [2.45, 2.75) is 39.2 Å². The van der Waals surface area contributed by atoms with Gasteiger partial charge in [0.05, 0.1) is 16.6 Å². The van der Waals surface area contributed by atoms with Crippen LogP contribution in [0.3, 0.4) is 0 Å². The van der Waals surface area contributed by atoms with E-state index in [4.69, 9.17) is 4.74 Å². The number of carbonyl (C=O) groups excluding carboxylic acids is 2. The zero-order chi connectivity index (χ0) is 26.2. The Morgan fingerprint density at radius 3 is 2.35 bits per heavy atom. The van der Waals surface area contributed by atoms with Gasteiger partial charge in [-0.1, -0.05) is 12.1 Å². The number of nitrogens with one attached hydrogen (secondary N) is 1. The normalized spacial score (nSPS) is 17.4. The SMILES string of the molecule is CC(C)(C)OC(=O)N1CCC(C(=O)N2CCN(c3ccc(F)c(-c4nc5ccccc5[nH]4)c3)CC2)CC1. The highest BCUT2D eigenvalue weighted by Crippen LogP contribution is 2.29. The van der Waals surface area contributed by atoms with Crippen LogP contribution in [0.15, 0.2) is 42.5 Å². The molecule has 196 valence electrons. The first-order valence-electron chi connectivity index (χ1n) is 12.9. The van der Waals surface area contributed by atoms with E-state index in [2.05, 4.69) is 14.9 Å². The van der Waals surface area contributed by atoms with E-state index in [0.717, 1.165) is 16.7 Å². The first kappa shape index (κ1) is 25.0. The Bertz CT molecular complexity index is 1250. The number of hydrogen-bond donors (Lipinski definition) is 1. The number of H-pyrrole nitrogens is 1. The predicted octanol–water partition coefficient (Wildman–Crippen LogP) is 4.66. The highest BCUT2D eigenvalue weighted by Gasteiger charge is 2.33. The average molecular weight is 508 g/mol. The molecule has 0 spiro atoms. The monoisotopic (exact) mass is 507 g/mol. The number of rotatable bonds is 3. The molecule has 2 saturated heterocycles. The van der Waals surface area contributed by atoms with Crippen LogP contribution in [0, 0.1) is 11.7 Å². The van der Waals surface area contributed by atoms with Crippen molar-refractivity contribution in [3.63, 3.8) is 0 Å². The van der Waals surface area contributed by atoms with Crippen LogP contribution in [-0.4, -0.2) is 76.6 Å². The summed E-state index contributed by atoms with van der Waals surface area (Å²) in [4.78, 5) is 39.1. The lowest BCUT2D eigenvalue weighted by molar-refractivity contribution is -0.137. The van der Waals surface area contributed by atoms with Crippen LogP contribution in [-0.2, 0) is 9.53 Å². The van der Waals surface area contributed by atoms with Gasteiger partial charge in [0.25, 0.3) is 0 Å². The maximum Gasteiger partial charge on any atom is 0.410 e. The summed E-state index contributed by atoms with van der Waals surface area (Å²) in [6.07, 6.45) is 0.988. The van der Waals surface area contributed by atoms with E-state index < -0.39 is 5.60 Å². The Morgan fingerprint density at radius 1 is 0.973 bits per heavy atom. The van der Waals surface area contributed by atoms with Gasteiger partial charge in [-0.15, -0.1) is 0 Å². The van der Waals surface area contributed by atoms with Crippen molar-refractivity contribution >= 4 is 28.7 Å². The van der Waals surface area contributed by atoms with Crippen LogP contribution < -0.4 is 4.90 Å². The van der Waals surface area contributed by atoms with Crippen LogP contribution >= 0.6 is 0 Å². The number of halogens is 1. The summed E-state index contributed by atoms with van der Waals surface area (Å²) in [5.74, 6) is 0.266. The molecule has 1 N–H and O–H groups in total. The number of aromatic amines is 1. The van der Waals surface area contributed by atoms with Crippen molar-refractivity contribution in [1.29, 1.82) is 0 Å². The largest absolute Gasteiger partial charge is 0.444 e. The lowest BCUT2D eigenvalue weighted by Gasteiger charge is -2.39. The third-order valence-electron chi connectivity index (χ3n) is 7.05. The number of benzene rings is 2.